The highest BCUT2D eigenvalue weighted by Gasteiger charge is 2.35. The Morgan fingerprint density at radius 3 is 2.49 bits per heavy atom. The van der Waals surface area contributed by atoms with E-state index in [0.717, 1.165) is 38.2 Å². The molecule has 1 heterocycles. The van der Waals surface area contributed by atoms with Crippen LogP contribution in [-0.2, 0) is 14.2 Å². The number of aromatic hydroxyl groups is 1. The number of nitrogens with one attached hydrogen (secondary N) is 2. The van der Waals surface area contributed by atoms with Crippen molar-refractivity contribution in [1.82, 2.24) is 20.4 Å². The van der Waals surface area contributed by atoms with Crippen molar-refractivity contribution in [3.8, 4) is 5.75 Å². The number of nitrogens with zero attached hydrogens (tertiary/aromatic N) is 2. The second-order valence-corrected chi connectivity index (χ2v) is 13.1. The zero-order valence-electron chi connectivity index (χ0n) is 27.2. The van der Waals surface area contributed by atoms with Gasteiger partial charge in [-0.15, -0.1) is 0 Å². The standard InChI is InChI=1S/C32H50F2N4O7/c1-32(2,3)45-31(42)37(4)20-24(16-21-10-7-6-8-11-21)36-29(40)38-14-9-12-22(19-38)28(44-15-13-35-30(41)43-5)25-17-23(33)18-26(34)27(25)39/h17-18,21-22,24,28,39H,6-16,19-20H2,1-5H3,(H,35,41)(H,36,40)/t22-,24+,28?/m1/s1. The van der Waals surface area contributed by atoms with Gasteiger partial charge in [0.2, 0.25) is 0 Å². The van der Waals surface area contributed by atoms with Gasteiger partial charge in [0, 0.05) is 56.8 Å². The molecule has 1 unspecified atom stereocenters. The lowest BCUT2D eigenvalue weighted by Crippen LogP contribution is -2.53. The number of hydrogen-bond donors (Lipinski definition) is 3. The highest BCUT2D eigenvalue weighted by molar-refractivity contribution is 5.75. The van der Waals surface area contributed by atoms with E-state index in [4.69, 9.17) is 9.47 Å². The number of phenols is 1. The molecule has 0 spiro atoms. The van der Waals surface area contributed by atoms with E-state index < -0.39 is 47.2 Å². The zero-order chi connectivity index (χ0) is 33.1. The number of ether oxygens (including phenoxy) is 3. The first-order valence-electron chi connectivity index (χ1n) is 15.9. The van der Waals surface area contributed by atoms with Gasteiger partial charge < -0.3 is 39.8 Å². The molecular formula is C32H50F2N4O7. The number of carbonyl (C=O) groups is 3. The molecule has 1 saturated heterocycles. The van der Waals surface area contributed by atoms with E-state index >= 15 is 0 Å². The fourth-order valence-corrected chi connectivity index (χ4v) is 6.15. The van der Waals surface area contributed by atoms with Crippen LogP contribution in [0.4, 0.5) is 23.2 Å². The number of likely N-dealkylation sites (tertiary alicyclic amines) is 1. The summed E-state index contributed by atoms with van der Waals surface area (Å²) in [6.07, 6.45) is 5.46. The topological polar surface area (TPSA) is 130 Å². The predicted molar refractivity (Wildman–Crippen MR) is 164 cm³/mol. The molecule has 11 nitrogen and oxygen atoms in total. The lowest BCUT2D eigenvalue weighted by Gasteiger charge is -2.38. The van der Waals surface area contributed by atoms with E-state index in [9.17, 15) is 28.3 Å². The molecule has 0 bridgehead atoms. The number of urea groups is 1. The lowest BCUT2D eigenvalue weighted by atomic mass is 9.84. The fourth-order valence-electron chi connectivity index (χ4n) is 6.15. The van der Waals surface area contributed by atoms with Crippen LogP contribution in [0.3, 0.4) is 0 Å². The number of amides is 4. The normalized spacial score (nSPS) is 18.9. The summed E-state index contributed by atoms with van der Waals surface area (Å²) in [4.78, 5) is 41.0. The Morgan fingerprint density at radius 1 is 1.11 bits per heavy atom. The average Bonchev–Trinajstić information content (AvgIpc) is 2.98. The number of benzene rings is 1. The van der Waals surface area contributed by atoms with Crippen LogP contribution in [0.25, 0.3) is 0 Å². The first-order chi connectivity index (χ1) is 21.3. The molecule has 3 rings (SSSR count). The van der Waals surface area contributed by atoms with Crippen LogP contribution >= 0.6 is 0 Å². The zero-order valence-corrected chi connectivity index (χ0v) is 27.2. The largest absolute Gasteiger partial charge is 0.505 e. The van der Waals surface area contributed by atoms with Crippen molar-refractivity contribution in [1.29, 1.82) is 0 Å². The number of carbonyl (C=O) groups excluding carboxylic acids is 3. The number of hydrogen-bond acceptors (Lipinski definition) is 7. The van der Waals surface area contributed by atoms with Crippen molar-refractivity contribution in [2.75, 3.05) is 46.9 Å². The minimum absolute atomic E-state index is 0.0273. The summed E-state index contributed by atoms with van der Waals surface area (Å²) in [6.45, 7) is 6.39. The molecule has 1 aromatic carbocycles. The van der Waals surface area contributed by atoms with Gasteiger partial charge in [0.1, 0.15) is 11.4 Å². The highest BCUT2D eigenvalue weighted by Crippen LogP contribution is 2.38. The van der Waals surface area contributed by atoms with Crippen LogP contribution in [0.1, 0.15) is 83.8 Å². The molecule has 13 heteroatoms. The molecule has 1 aliphatic heterocycles. The molecule has 0 aromatic heterocycles. The Kier molecular flexibility index (Phi) is 13.5. The van der Waals surface area contributed by atoms with Gasteiger partial charge in [0.25, 0.3) is 0 Å². The van der Waals surface area contributed by atoms with E-state index in [1.807, 2.05) is 0 Å². The minimum Gasteiger partial charge on any atom is -0.505 e. The molecule has 1 aromatic rings. The third-order valence-electron chi connectivity index (χ3n) is 8.26. The summed E-state index contributed by atoms with van der Waals surface area (Å²) in [5.74, 6) is -2.67. The fraction of sp³-hybridized carbons (Fsp3) is 0.719. The first kappa shape index (κ1) is 36.1. The predicted octanol–water partition coefficient (Wildman–Crippen LogP) is 5.71. The SMILES string of the molecule is COC(=O)NCCOC(c1cc(F)cc(F)c1O)[C@@H]1CCCN(C(=O)N[C@@H](CC2CCCCC2)CN(C)C(=O)OC(C)(C)C)C1. The Morgan fingerprint density at radius 2 is 1.82 bits per heavy atom. The quantitative estimate of drug-likeness (QED) is 0.264. The Labute approximate surface area is 264 Å². The van der Waals surface area contributed by atoms with E-state index in [-0.39, 0.29) is 43.9 Å². The molecule has 0 radical (unpaired) electrons. The molecule has 254 valence electrons. The van der Waals surface area contributed by atoms with Gasteiger partial charge in [0.15, 0.2) is 11.6 Å². The number of likely N-dealkylation sites (N-methyl/N-ethyl adjacent to an activating group) is 1. The van der Waals surface area contributed by atoms with Crippen molar-refractivity contribution < 1.29 is 42.5 Å². The Hall–Kier alpha value is -3.35. The van der Waals surface area contributed by atoms with Crippen LogP contribution in [0.2, 0.25) is 0 Å². The van der Waals surface area contributed by atoms with Crippen LogP contribution < -0.4 is 10.6 Å². The number of alkyl carbamates (subject to hydrolysis) is 1. The number of phenolic OH excluding ortho intramolecular Hbond substituents is 1. The van der Waals surface area contributed by atoms with Crippen molar-refractivity contribution in [3.63, 3.8) is 0 Å². The molecular weight excluding hydrogens is 590 g/mol. The molecule has 2 aliphatic rings. The summed E-state index contributed by atoms with van der Waals surface area (Å²) in [6, 6.07) is 1.01. The van der Waals surface area contributed by atoms with Gasteiger partial charge >= 0.3 is 18.2 Å². The van der Waals surface area contributed by atoms with E-state index in [2.05, 4.69) is 15.4 Å². The Balaban J connectivity index is 1.74. The van der Waals surface area contributed by atoms with Gasteiger partial charge in [-0.1, -0.05) is 32.1 Å². The van der Waals surface area contributed by atoms with Gasteiger partial charge in [-0.2, -0.15) is 0 Å². The average molecular weight is 641 g/mol. The number of methoxy groups -OCH3 is 1. The van der Waals surface area contributed by atoms with Gasteiger partial charge in [-0.05, 0) is 52.0 Å². The van der Waals surface area contributed by atoms with Crippen LogP contribution in [-0.4, -0.2) is 91.7 Å². The maximum absolute atomic E-state index is 14.4. The van der Waals surface area contributed by atoms with E-state index in [0.29, 0.717) is 31.4 Å². The Bertz CT molecular complexity index is 1140. The number of halogens is 2. The summed E-state index contributed by atoms with van der Waals surface area (Å²) in [7, 11) is 2.89. The summed E-state index contributed by atoms with van der Waals surface area (Å²) < 4.78 is 44.7. The second-order valence-electron chi connectivity index (χ2n) is 13.1. The molecule has 1 aliphatic carbocycles. The molecule has 3 N–H and O–H groups in total. The molecule has 2 fully saturated rings. The molecule has 4 amide bonds. The van der Waals surface area contributed by atoms with Gasteiger partial charge in [0.05, 0.1) is 19.8 Å². The second kappa shape index (κ2) is 16.8. The summed E-state index contributed by atoms with van der Waals surface area (Å²) in [5.41, 5.74) is -0.713. The third kappa shape index (κ3) is 11.5. The summed E-state index contributed by atoms with van der Waals surface area (Å²) >= 11 is 0. The minimum atomic E-state index is -1.11. The lowest BCUT2D eigenvalue weighted by molar-refractivity contribution is -0.0104. The maximum Gasteiger partial charge on any atom is 0.410 e. The van der Waals surface area contributed by atoms with E-state index in [1.165, 1.54) is 18.4 Å². The van der Waals surface area contributed by atoms with Gasteiger partial charge in [-0.3, -0.25) is 0 Å². The van der Waals surface area contributed by atoms with Crippen molar-refractivity contribution in [3.05, 3.63) is 29.3 Å². The highest BCUT2D eigenvalue weighted by atomic mass is 19.1. The molecule has 45 heavy (non-hydrogen) atoms. The monoisotopic (exact) mass is 640 g/mol. The third-order valence-corrected chi connectivity index (χ3v) is 8.26. The number of rotatable bonds is 11. The van der Waals surface area contributed by atoms with Crippen LogP contribution in [0.15, 0.2) is 12.1 Å². The number of piperidine rings is 1. The van der Waals surface area contributed by atoms with Crippen molar-refractivity contribution in [2.24, 2.45) is 11.8 Å². The molecule has 3 atom stereocenters. The molecule has 1 saturated carbocycles. The van der Waals surface area contributed by atoms with Crippen molar-refractivity contribution >= 4 is 18.2 Å². The van der Waals surface area contributed by atoms with Crippen molar-refractivity contribution in [2.45, 2.75) is 89.9 Å². The van der Waals surface area contributed by atoms with E-state index in [1.54, 1.807) is 32.7 Å². The smallest absolute Gasteiger partial charge is 0.410 e. The van der Waals surface area contributed by atoms with Crippen LogP contribution in [0.5, 0.6) is 5.75 Å². The maximum atomic E-state index is 14.4. The summed E-state index contributed by atoms with van der Waals surface area (Å²) in [5, 5.41) is 16.1. The first-order valence-corrected chi connectivity index (χ1v) is 15.9. The van der Waals surface area contributed by atoms with Crippen LogP contribution in [0, 0.1) is 23.5 Å². The van der Waals surface area contributed by atoms with Gasteiger partial charge in [-0.25, -0.2) is 23.2 Å².